The Kier molecular flexibility index (Phi) is 7.02. The van der Waals surface area contributed by atoms with Crippen LogP contribution in [0.2, 0.25) is 0 Å². The van der Waals surface area contributed by atoms with Crippen molar-refractivity contribution in [2.24, 2.45) is 0 Å². The maximum absolute atomic E-state index is 12.3. The van der Waals surface area contributed by atoms with Gasteiger partial charge in [0.15, 0.2) is 12.4 Å². The van der Waals surface area contributed by atoms with E-state index in [2.05, 4.69) is 20.8 Å². The zero-order valence-corrected chi connectivity index (χ0v) is 17.8. The Morgan fingerprint density at radius 1 is 0.968 bits per heavy atom. The summed E-state index contributed by atoms with van der Waals surface area (Å²) < 4.78 is 10.7. The van der Waals surface area contributed by atoms with Gasteiger partial charge in [0.1, 0.15) is 5.75 Å². The van der Waals surface area contributed by atoms with Crippen LogP contribution in [0, 0.1) is 0 Å². The number of carbonyl (C=O) groups excluding carboxylic acids is 2. The topological polar surface area (TPSA) is 106 Å². The van der Waals surface area contributed by atoms with Crippen molar-refractivity contribution >= 4 is 23.2 Å². The molecule has 3 rings (SSSR count). The number of benzene rings is 2. The first-order valence-electron chi connectivity index (χ1n) is 10.0. The van der Waals surface area contributed by atoms with Crippen LogP contribution in [0.3, 0.4) is 0 Å². The molecule has 2 aromatic carbocycles. The fraction of sp³-hybridized carbons (Fsp3) is 0.304. The summed E-state index contributed by atoms with van der Waals surface area (Å²) in [4.78, 5) is 28.6. The van der Waals surface area contributed by atoms with Gasteiger partial charge in [-0.2, -0.15) is 4.98 Å². The van der Waals surface area contributed by atoms with Crippen LogP contribution in [0.1, 0.15) is 38.9 Å². The lowest BCUT2D eigenvalue weighted by atomic mass is 9.96. The zero-order chi connectivity index (χ0) is 22.3. The number of aromatic nitrogens is 2. The largest absolute Gasteiger partial charge is 0.484 e. The lowest BCUT2D eigenvalue weighted by Crippen LogP contribution is -2.20. The number of para-hydroxylation sites is 1. The van der Waals surface area contributed by atoms with E-state index in [0.717, 1.165) is 0 Å². The summed E-state index contributed by atoms with van der Waals surface area (Å²) >= 11 is 0. The van der Waals surface area contributed by atoms with E-state index in [-0.39, 0.29) is 30.3 Å². The molecule has 0 aliphatic carbocycles. The average Bonchev–Trinajstić information content (AvgIpc) is 3.22. The van der Waals surface area contributed by atoms with E-state index in [9.17, 15) is 9.59 Å². The number of carbonyl (C=O) groups is 2. The van der Waals surface area contributed by atoms with Crippen LogP contribution >= 0.6 is 0 Å². The Hall–Kier alpha value is -3.68. The molecule has 8 nitrogen and oxygen atoms in total. The normalized spacial score (nSPS) is 11.1. The molecule has 8 heteroatoms. The molecule has 0 aliphatic rings. The third kappa shape index (κ3) is 6.95. The smallest absolute Gasteiger partial charge is 0.262 e. The second kappa shape index (κ2) is 9.88. The summed E-state index contributed by atoms with van der Waals surface area (Å²) in [5, 5.41) is 9.51. The molecule has 1 aromatic heterocycles. The highest BCUT2D eigenvalue weighted by atomic mass is 16.5. The Morgan fingerprint density at radius 2 is 1.68 bits per heavy atom. The minimum absolute atomic E-state index is 0.139. The molecule has 1 heterocycles. The number of ether oxygens (including phenoxy) is 1. The molecule has 0 bridgehead atoms. The standard InChI is InChI=1S/C23H26N4O4/c1-23(2,3)22-26-21(31-27-22)13-12-19(28)25-17-10-7-11-18(14-17)30-15-20(29)24-16-8-5-4-6-9-16/h4-11,14H,12-13,15H2,1-3H3,(H,24,29)(H,25,28). The van der Waals surface area contributed by atoms with Gasteiger partial charge in [0, 0.05) is 35.7 Å². The second-order valence-corrected chi connectivity index (χ2v) is 8.04. The minimum Gasteiger partial charge on any atom is -0.484 e. The van der Waals surface area contributed by atoms with Gasteiger partial charge >= 0.3 is 0 Å². The lowest BCUT2D eigenvalue weighted by Gasteiger charge is -2.10. The number of nitrogens with one attached hydrogen (secondary N) is 2. The third-order valence-electron chi connectivity index (χ3n) is 4.25. The number of hydrogen-bond donors (Lipinski definition) is 2. The molecule has 0 aliphatic heterocycles. The summed E-state index contributed by atoms with van der Waals surface area (Å²) in [6.45, 7) is 5.84. The summed E-state index contributed by atoms with van der Waals surface area (Å²) in [5.41, 5.74) is 1.07. The molecule has 0 radical (unpaired) electrons. The van der Waals surface area contributed by atoms with Gasteiger partial charge in [0.2, 0.25) is 11.8 Å². The van der Waals surface area contributed by atoms with Crippen LogP contribution in [0.15, 0.2) is 59.1 Å². The van der Waals surface area contributed by atoms with E-state index in [1.54, 1.807) is 36.4 Å². The summed E-state index contributed by atoms with van der Waals surface area (Å²) in [5.74, 6) is 1.07. The van der Waals surface area contributed by atoms with Gasteiger partial charge in [-0.1, -0.05) is 50.2 Å². The van der Waals surface area contributed by atoms with Crippen molar-refractivity contribution < 1.29 is 18.8 Å². The summed E-state index contributed by atoms with van der Waals surface area (Å²) in [6.07, 6.45) is 0.557. The molecule has 0 fully saturated rings. The van der Waals surface area contributed by atoms with Crippen molar-refractivity contribution in [1.82, 2.24) is 10.1 Å². The number of amides is 2. The van der Waals surface area contributed by atoms with E-state index >= 15 is 0 Å². The van der Waals surface area contributed by atoms with Crippen molar-refractivity contribution in [3.63, 3.8) is 0 Å². The molecule has 2 amide bonds. The number of anilines is 2. The van der Waals surface area contributed by atoms with Crippen LogP contribution in [0.4, 0.5) is 11.4 Å². The monoisotopic (exact) mass is 422 g/mol. The number of nitrogens with zero attached hydrogens (tertiary/aromatic N) is 2. The van der Waals surface area contributed by atoms with Gasteiger partial charge in [-0.15, -0.1) is 0 Å². The van der Waals surface area contributed by atoms with E-state index in [0.29, 0.717) is 35.3 Å². The first kappa shape index (κ1) is 22.0. The Labute approximate surface area is 181 Å². The first-order chi connectivity index (χ1) is 14.8. The van der Waals surface area contributed by atoms with Crippen molar-refractivity contribution in [2.45, 2.75) is 39.0 Å². The Morgan fingerprint density at radius 3 is 2.39 bits per heavy atom. The summed E-state index contributed by atoms with van der Waals surface area (Å²) in [6, 6.07) is 16.0. The molecular weight excluding hydrogens is 396 g/mol. The highest BCUT2D eigenvalue weighted by molar-refractivity contribution is 5.92. The maximum Gasteiger partial charge on any atom is 0.262 e. The fourth-order valence-corrected chi connectivity index (χ4v) is 2.64. The van der Waals surface area contributed by atoms with Gasteiger partial charge in [0.25, 0.3) is 5.91 Å². The quantitative estimate of drug-likeness (QED) is 0.569. The molecule has 0 saturated carbocycles. The molecular formula is C23H26N4O4. The molecule has 3 aromatic rings. The minimum atomic E-state index is -0.269. The molecule has 31 heavy (non-hydrogen) atoms. The predicted octanol–water partition coefficient (Wildman–Crippen LogP) is 3.96. The van der Waals surface area contributed by atoms with E-state index in [1.807, 2.05) is 39.0 Å². The van der Waals surface area contributed by atoms with E-state index in [1.165, 1.54) is 0 Å². The lowest BCUT2D eigenvalue weighted by molar-refractivity contribution is -0.118. The maximum atomic E-state index is 12.3. The highest BCUT2D eigenvalue weighted by Gasteiger charge is 2.21. The molecule has 0 unspecified atom stereocenters. The zero-order valence-electron chi connectivity index (χ0n) is 17.8. The Bertz CT molecular complexity index is 1030. The first-order valence-corrected chi connectivity index (χ1v) is 10.0. The van der Waals surface area contributed by atoms with Gasteiger partial charge in [-0.25, -0.2) is 0 Å². The molecule has 0 spiro atoms. The third-order valence-corrected chi connectivity index (χ3v) is 4.25. The van der Waals surface area contributed by atoms with Gasteiger partial charge in [0.05, 0.1) is 0 Å². The molecule has 0 saturated heterocycles. The van der Waals surface area contributed by atoms with Crippen LogP contribution in [0.25, 0.3) is 0 Å². The SMILES string of the molecule is CC(C)(C)c1noc(CCC(=O)Nc2cccc(OCC(=O)Nc3ccccc3)c2)n1. The predicted molar refractivity (Wildman–Crippen MR) is 117 cm³/mol. The van der Waals surface area contributed by atoms with Gasteiger partial charge in [-0.05, 0) is 24.3 Å². The van der Waals surface area contributed by atoms with E-state index in [4.69, 9.17) is 9.26 Å². The van der Waals surface area contributed by atoms with Crippen molar-refractivity contribution in [3.8, 4) is 5.75 Å². The number of hydrogen-bond acceptors (Lipinski definition) is 6. The number of aryl methyl sites for hydroxylation is 1. The van der Waals surface area contributed by atoms with Gasteiger partial charge < -0.3 is 19.9 Å². The molecule has 2 N–H and O–H groups in total. The van der Waals surface area contributed by atoms with E-state index < -0.39 is 0 Å². The fourth-order valence-electron chi connectivity index (χ4n) is 2.64. The molecule has 0 atom stereocenters. The summed E-state index contributed by atoms with van der Waals surface area (Å²) in [7, 11) is 0. The number of rotatable bonds is 8. The second-order valence-electron chi connectivity index (χ2n) is 8.04. The van der Waals surface area contributed by atoms with Crippen molar-refractivity contribution in [1.29, 1.82) is 0 Å². The van der Waals surface area contributed by atoms with Crippen molar-refractivity contribution in [3.05, 3.63) is 66.3 Å². The average molecular weight is 422 g/mol. The molecule has 162 valence electrons. The highest BCUT2D eigenvalue weighted by Crippen LogP contribution is 2.20. The van der Waals surface area contributed by atoms with Crippen LogP contribution in [-0.4, -0.2) is 28.6 Å². The van der Waals surface area contributed by atoms with Crippen LogP contribution in [0.5, 0.6) is 5.75 Å². The van der Waals surface area contributed by atoms with Crippen LogP contribution in [-0.2, 0) is 21.4 Å². The van der Waals surface area contributed by atoms with Crippen LogP contribution < -0.4 is 15.4 Å². The van der Waals surface area contributed by atoms with Crippen molar-refractivity contribution in [2.75, 3.05) is 17.2 Å². The van der Waals surface area contributed by atoms with Gasteiger partial charge in [-0.3, -0.25) is 9.59 Å². The Balaban J connectivity index is 1.46.